The molecule has 4 nitrogen and oxygen atoms in total. The second-order valence-electron chi connectivity index (χ2n) is 4.61. The average Bonchev–Trinajstić information content (AvgIpc) is 2.39. The minimum Gasteiger partial charge on any atom is -0.385 e. The Hall–Kier alpha value is -1.71. The molecule has 2 N–H and O–H groups in total. The normalized spacial score (nSPS) is 19.3. The maximum atomic E-state index is 11.8. The molecule has 0 bridgehead atoms. The van der Waals surface area contributed by atoms with Crippen LogP contribution in [0.25, 0.3) is 0 Å². The number of carbonyl (C=O) groups excluding carboxylic acids is 1. The molecule has 1 fully saturated rings. The van der Waals surface area contributed by atoms with Crippen LogP contribution >= 0.6 is 0 Å². The Morgan fingerprint density at radius 3 is 2.88 bits per heavy atom. The van der Waals surface area contributed by atoms with Crippen molar-refractivity contribution in [2.75, 3.05) is 29.9 Å². The van der Waals surface area contributed by atoms with Crippen molar-refractivity contribution in [3.05, 3.63) is 23.8 Å². The molecule has 3 rings (SSSR count). The molecule has 0 spiro atoms. The molecule has 1 aromatic rings. The fraction of sp³-hybridized carbons (Fsp3) is 0.462. The molecule has 0 aliphatic carbocycles. The highest BCUT2D eigenvalue weighted by Crippen LogP contribution is 2.28. The van der Waals surface area contributed by atoms with Gasteiger partial charge in [-0.15, -0.1) is 0 Å². The van der Waals surface area contributed by atoms with Gasteiger partial charge in [0.25, 0.3) is 0 Å². The van der Waals surface area contributed by atoms with Crippen molar-refractivity contribution < 1.29 is 4.79 Å². The van der Waals surface area contributed by atoms with Crippen molar-refractivity contribution in [1.29, 1.82) is 0 Å². The zero-order valence-electron chi connectivity index (χ0n) is 9.83. The van der Waals surface area contributed by atoms with Crippen molar-refractivity contribution in [2.45, 2.75) is 19.3 Å². The first-order valence-corrected chi connectivity index (χ1v) is 6.27. The third-order valence-corrected chi connectivity index (χ3v) is 3.42. The molecule has 1 saturated heterocycles. The highest BCUT2D eigenvalue weighted by molar-refractivity contribution is 5.93. The van der Waals surface area contributed by atoms with Gasteiger partial charge in [-0.05, 0) is 37.0 Å². The third-order valence-electron chi connectivity index (χ3n) is 3.42. The van der Waals surface area contributed by atoms with Crippen LogP contribution in [0.15, 0.2) is 18.2 Å². The van der Waals surface area contributed by atoms with Gasteiger partial charge in [0.05, 0.1) is 0 Å². The standard InChI is InChI=1S/C13H17N3O/c17-13-15-7-2-8-16(13)11-5-4-10-3-1-6-14-12(10)9-11/h4-5,9,14H,1-3,6-8H2,(H,15,17). The number of benzene rings is 1. The lowest BCUT2D eigenvalue weighted by atomic mass is 10.0. The molecule has 0 saturated carbocycles. The molecule has 4 heteroatoms. The smallest absolute Gasteiger partial charge is 0.321 e. The summed E-state index contributed by atoms with van der Waals surface area (Å²) in [5, 5.41) is 6.28. The van der Waals surface area contributed by atoms with E-state index < -0.39 is 0 Å². The highest BCUT2D eigenvalue weighted by Gasteiger charge is 2.20. The van der Waals surface area contributed by atoms with Gasteiger partial charge in [-0.2, -0.15) is 0 Å². The number of nitrogens with zero attached hydrogens (tertiary/aromatic N) is 1. The van der Waals surface area contributed by atoms with Gasteiger partial charge >= 0.3 is 6.03 Å². The number of carbonyl (C=O) groups is 1. The molecule has 0 aromatic heterocycles. The second-order valence-corrected chi connectivity index (χ2v) is 4.61. The fourth-order valence-corrected chi connectivity index (χ4v) is 2.49. The number of urea groups is 1. The maximum absolute atomic E-state index is 11.8. The first-order chi connectivity index (χ1) is 8.34. The van der Waals surface area contributed by atoms with E-state index in [0.717, 1.165) is 38.2 Å². The molecule has 0 radical (unpaired) electrons. The number of aryl methyl sites for hydroxylation is 1. The first-order valence-electron chi connectivity index (χ1n) is 6.27. The lowest BCUT2D eigenvalue weighted by Gasteiger charge is -2.29. The van der Waals surface area contributed by atoms with E-state index in [-0.39, 0.29) is 6.03 Å². The molecule has 2 amide bonds. The summed E-state index contributed by atoms with van der Waals surface area (Å²) in [5.74, 6) is 0. The van der Waals surface area contributed by atoms with E-state index >= 15 is 0 Å². The zero-order valence-corrected chi connectivity index (χ0v) is 9.83. The number of hydrogen-bond donors (Lipinski definition) is 2. The van der Waals surface area contributed by atoms with Crippen LogP contribution in [0, 0.1) is 0 Å². The Labute approximate surface area is 101 Å². The van der Waals surface area contributed by atoms with Crippen molar-refractivity contribution in [3.8, 4) is 0 Å². The summed E-state index contributed by atoms with van der Waals surface area (Å²) in [7, 11) is 0. The molecule has 17 heavy (non-hydrogen) atoms. The van der Waals surface area contributed by atoms with Crippen molar-refractivity contribution in [2.24, 2.45) is 0 Å². The number of fused-ring (bicyclic) bond motifs is 1. The number of amides is 2. The maximum Gasteiger partial charge on any atom is 0.321 e. The predicted octanol–water partition coefficient (Wildman–Crippen LogP) is 1.96. The van der Waals surface area contributed by atoms with Gasteiger partial charge < -0.3 is 10.6 Å². The summed E-state index contributed by atoms with van der Waals surface area (Å²) in [4.78, 5) is 13.6. The summed E-state index contributed by atoms with van der Waals surface area (Å²) < 4.78 is 0. The topological polar surface area (TPSA) is 44.4 Å². The summed E-state index contributed by atoms with van der Waals surface area (Å²) in [6.45, 7) is 2.63. The van der Waals surface area contributed by atoms with E-state index in [0.29, 0.717) is 0 Å². The molecular weight excluding hydrogens is 214 g/mol. The SMILES string of the molecule is O=C1NCCCN1c1ccc2c(c1)NCCC2. The number of anilines is 2. The van der Waals surface area contributed by atoms with Gasteiger partial charge in [0.2, 0.25) is 0 Å². The van der Waals surface area contributed by atoms with E-state index in [1.807, 2.05) is 4.90 Å². The van der Waals surface area contributed by atoms with Crippen LogP contribution in [0.1, 0.15) is 18.4 Å². The van der Waals surface area contributed by atoms with Crippen LogP contribution in [-0.2, 0) is 6.42 Å². The Morgan fingerprint density at radius 1 is 1.12 bits per heavy atom. The number of hydrogen-bond acceptors (Lipinski definition) is 2. The van der Waals surface area contributed by atoms with Crippen molar-refractivity contribution in [1.82, 2.24) is 5.32 Å². The molecule has 2 aliphatic rings. The van der Waals surface area contributed by atoms with Crippen LogP contribution in [0.2, 0.25) is 0 Å². The molecule has 2 heterocycles. The number of rotatable bonds is 1. The van der Waals surface area contributed by atoms with Crippen LogP contribution in [0.5, 0.6) is 0 Å². The Morgan fingerprint density at radius 2 is 2.00 bits per heavy atom. The van der Waals surface area contributed by atoms with Crippen LogP contribution in [0.4, 0.5) is 16.2 Å². The number of nitrogens with one attached hydrogen (secondary N) is 2. The zero-order chi connectivity index (χ0) is 11.7. The van der Waals surface area contributed by atoms with Crippen LogP contribution in [-0.4, -0.2) is 25.7 Å². The first kappa shape index (κ1) is 10.4. The molecule has 0 unspecified atom stereocenters. The minimum atomic E-state index is 0.0204. The minimum absolute atomic E-state index is 0.0204. The summed E-state index contributed by atoms with van der Waals surface area (Å²) in [6.07, 6.45) is 3.33. The Balaban J connectivity index is 1.89. The second kappa shape index (κ2) is 4.28. The molecule has 1 aromatic carbocycles. The summed E-state index contributed by atoms with van der Waals surface area (Å²) >= 11 is 0. The van der Waals surface area contributed by atoms with Gasteiger partial charge in [0, 0.05) is 31.0 Å². The Bertz CT molecular complexity index is 444. The van der Waals surface area contributed by atoms with E-state index in [4.69, 9.17) is 0 Å². The quantitative estimate of drug-likeness (QED) is 0.776. The molecular formula is C13H17N3O. The van der Waals surface area contributed by atoms with E-state index in [9.17, 15) is 4.79 Å². The fourth-order valence-electron chi connectivity index (χ4n) is 2.49. The van der Waals surface area contributed by atoms with Gasteiger partial charge in [-0.25, -0.2) is 4.79 Å². The third kappa shape index (κ3) is 1.95. The monoisotopic (exact) mass is 231 g/mol. The molecule has 0 atom stereocenters. The van der Waals surface area contributed by atoms with Crippen molar-refractivity contribution in [3.63, 3.8) is 0 Å². The average molecular weight is 231 g/mol. The van der Waals surface area contributed by atoms with Crippen LogP contribution in [0.3, 0.4) is 0 Å². The van der Waals surface area contributed by atoms with E-state index in [1.54, 1.807) is 0 Å². The highest BCUT2D eigenvalue weighted by atomic mass is 16.2. The van der Waals surface area contributed by atoms with Gasteiger partial charge in [0.1, 0.15) is 0 Å². The van der Waals surface area contributed by atoms with Crippen molar-refractivity contribution >= 4 is 17.4 Å². The lowest BCUT2D eigenvalue weighted by molar-refractivity contribution is 0.243. The predicted molar refractivity (Wildman–Crippen MR) is 68.6 cm³/mol. The summed E-state index contributed by atoms with van der Waals surface area (Å²) in [6, 6.07) is 6.31. The molecule has 2 aliphatic heterocycles. The largest absolute Gasteiger partial charge is 0.385 e. The van der Waals surface area contributed by atoms with Gasteiger partial charge in [-0.1, -0.05) is 6.07 Å². The van der Waals surface area contributed by atoms with Crippen LogP contribution < -0.4 is 15.5 Å². The lowest BCUT2D eigenvalue weighted by Crippen LogP contribution is -2.46. The van der Waals surface area contributed by atoms with E-state index in [1.165, 1.54) is 17.7 Å². The van der Waals surface area contributed by atoms with Gasteiger partial charge in [0.15, 0.2) is 0 Å². The Kier molecular flexibility index (Phi) is 2.63. The summed E-state index contributed by atoms with van der Waals surface area (Å²) in [5.41, 5.74) is 3.54. The molecule has 90 valence electrons. The van der Waals surface area contributed by atoms with E-state index in [2.05, 4.69) is 28.8 Å². The van der Waals surface area contributed by atoms with Gasteiger partial charge in [-0.3, -0.25) is 4.90 Å².